The molecule has 2 atom stereocenters. The topological polar surface area (TPSA) is 218 Å². The molecule has 9 N–H and O–H groups in total. The third-order valence-electron chi connectivity index (χ3n) is 6.98. The van der Waals surface area contributed by atoms with Crippen LogP contribution in [0.4, 0.5) is 11.4 Å². The number of carbonyl (C=O) groups is 2. The first-order chi connectivity index (χ1) is 21.8. The van der Waals surface area contributed by atoms with Crippen LogP contribution in [0.15, 0.2) is 29.3 Å². The first-order valence-electron chi connectivity index (χ1n) is 14.1. The summed E-state index contributed by atoms with van der Waals surface area (Å²) < 4.78 is 2.41. The Balaban J connectivity index is 0.000000168. The predicted molar refractivity (Wildman–Crippen MR) is 189 cm³/mol. The zero-order valence-corrected chi connectivity index (χ0v) is 27.9. The Morgan fingerprint density at radius 2 is 1.60 bits per heavy atom. The van der Waals surface area contributed by atoms with Gasteiger partial charge >= 0.3 is 0 Å². The van der Waals surface area contributed by atoms with Gasteiger partial charge in [0.15, 0.2) is 5.01 Å². The van der Waals surface area contributed by atoms with Gasteiger partial charge in [-0.15, -0.1) is 34.4 Å². The van der Waals surface area contributed by atoms with Gasteiger partial charge in [0.05, 0.1) is 26.5 Å². The van der Waals surface area contributed by atoms with E-state index >= 15 is 0 Å². The Morgan fingerprint density at radius 1 is 1.02 bits per heavy atom. The average Bonchev–Trinajstić information content (AvgIpc) is 3.84. The van der Waals surface area contributed by atoms with Crippen molar-refractivity contribution in [2.24, 2.45) is 22.2 Å². The Kier molecular flexibility index (Phi) is 12.4. The van der Waals surface area contributed by atoms with Crippen molar-refractivity contribution in [2.45, 2.75) is 37.8 Å². The van der Waals surface area contributed by atoms with E-state index < -0.39 is 18.0 Å². The number of thioether (sulfide) groups is 1. The summed E-state index contributed by atoms with van der Waals surface area (Å²) in [7, 11) is 1.00. The van der Waals surface area contributed by atoms with Crippen molar-refractivity contribution in [2.75, 3.05) is 42.3 Å². The van der Waals surface area contributed by atoms with Crippen LogP contribution in [-0.2, 0) is 22.4 Å². The standard InChI is InChI=1S/C14H14N4OS2.C11H9N3S.C3H8N2OS.CH4O/c15-12(19)10-6-20-13(18-10)14-17-9-4-3-8-7(11(9)21-14)2-1-5-16-8;12-6-10-14-9-4-3-8-7(11(9)15-10)2-1-5-13-8;4-2(1-7)3(5)6;1-2/h3-4,10,16H,1-2,5-6H2,(H2,15,19);3-4,13H,1-2,5H2;2,7H,1,4H2,(H2,5,6);2H,1H3/t10-;;2-;/m1.1./s1. The number of thiazole rings is 2. The molecule has 16 heteroatoms. The number of rotatable bonds is 4. The second-order valence-electron chi connectivity index (χ2n) is 9.95. The number of aliphatic hydroxyl groups is 1. The van der Waals surface area contributed by atoms with Crippen molar-refractivity contribution in [3.05, 3.63) is 45.4 Å². The summed E-state index contributed by atoms with van der Waals surface area (Å²) in [6.07, 6.45) is 4.49. The molecule has 0 fully saturated rings. The summed E-state index contributed by atoms with van der Waals surface area (Å²) in [5, 5.41) is 24.9. The third kappa shape index (κ3) is 8.23. The Labute approximate surface area is 278 Å². The van der Waals surface area contributed by atoms with E-state index in [1.807, 2.05) is 6.07 Å². The molecule has 2 aromatic heterocycles. The summed E-state index contributed by atoms with van der Waals surface area (Å²) in [6.45, 7) is 2.08. The minimum atomic E-state index is -0.594. The number of anilines is 2. The van der Waals surface area contributed by atoms with E-state index in [2.05, 4.69) is 62.5 Å². The summed E-state index contributed by atoms with van der Waals surface area (Å²) in [6, 6.07) is 9.32. The van der Waals surface area contributed by atoms with E-state index in [4.69, 9.17) is 27.6 Å². The maximum absolute atomic E-state index is 11.2. The molecule has 3 aliphatic rings. The van der Waals surface area contributed by atoms with Crippen LogP contribution in [0.1, 0.15) is 34.0 Å². The number of aromatic nitrogens is 2. The Hall–Kier alpha value is -3.46. The summed E-state index contributed by atoms with van der Waals surface area (Å²) in [5.41, 5.74) is 22.2. The molecule has 2 amide bonds. The lowest BCUT2D eigenvalue weighted by Gasteiger charge is -2.17. The highest BCUT2D eigenvalue weighted by Gasteiger charge is 2.26. The molecule has 0 spiro atoms. The molecule has 3 aliphatic heterocycles. The number of amides is 2. The van der Waals surface area contributed by atoms with E-state index in [1.165, 1.54) is 43.2 Å². The number of aryl methyl sites for hydroxylation is 2. The zero-order chi connectivity index (χ0) is 32.5. The highest BCUT2D eigenvalue weighted by Crippen LogP contribution is 2.36. The van der Waals surface area contributed by atoms with E-state index in [0.717, 1.165) is 67.0 Å². The number of nitrogens with one attached hydrogen (secondary N) is 2. The molecular weight excluding hydrogens is 651 g/mol. The minimum Gasteiger partial charge on any atom is -0.400 e. The molecule has 0 unspecified atom stereocenters. The first-order valence-corrected chi connectivity index (χ1v) is 17.4. The molecule has 45 heavy (non-hydrogen) atoms. The first kappa shape index (κ1) is 34.4. The maximum atomic E-state index is 11.2. The van der Waals surface area contributed by atoms with Gasteiger partial charge < -0.3 is 32.9 Å². The van der Waals surface area contributed by atoms with Gasteiger partial charge in [-0.3, -0.25) is 14.6 Å². The smallest absolute Gasteiger partial charge is 0.243 e. The number of fused-ring (bicyclic) bond motifs is 6. The second kappa shape index (κ2) is 16.2. The second-order valence-corrected chi connectivity index (χ2v) is 13.3. The van der Waals surface area contributed by atoms with Crippen molar-refractivity contribution in [1.82, 2.24) is 9.97 Å². The van der Waals surface area contributed by atoms with Crippen LogP contribution in [-0.4, -0.2) is 75.7 Å². The van der Waals surface area contributed by atoms with Crippen molar-refractivity contribution >= 4 is 95.7 Å². The number of nitrogens with two attached hydrogens (primary N) is 3. The van der Waals surface area contributed by atoms with E-state index in [0.29, 0.717) is 16.5 Å². The number of primary amides is 2. The van der Waals surface area contributed by atoms with Crippen LogP contribution in [0.25, 0.3) is 20.4 Å². The van der Waals surface area contributed by atoms with Crippen LogP contribution in [0.3, 0.4) is 0 Å². The largest absolute Gasteiger partial charge is 0.400 e. The number of hydrogen-bond donors (Lipinski definition) is 7. The molecule has 12 nitrogen and oxygen atoms in total. The predicted octanol–water partition coefficient (Wildman–Crippen LogP) is 2.87. The van der Waals surface area contributed by atoms with Crippen LogP contribution < -0.4 is 27.8 Å². The van der Waals surface area contributed by atoms with Crippen molar-refractivity contribution in [1.29, 1.82) is 5.26 Å². The highest BCUT2D eigenvalue weighted by atomic mass is 32.2. The molecule has 2 aromatic carbocycles. The number of thiol groups is 1. The van der Waals surface area contributed by atoms with Gasteiger partial charge in [0, 0.05) is 43.1 Å². The lowest BCUT2D eigenvalue weighted by molar-refractivity contribution is -0.119. The van der Waals surface area contributed by atoms with Gasteiger partial charge in [-0.1, -0.05) is 0 Å². The number of nitrogens with zero attached hydrogens (tertiary/aromatic N) is 4. The molecule has 238 valence electrons. The summed E-state index contributed by atoms with van der Waals surface area (Å²) in [5.74, 6) is 0.0745. The van der Waals surface area contributed by atoms with Crippen molar-refractivity contribution < 1.29 is 14.7 Å². The van der Waals surface area contributed by atoms with Crippen LogP contribution >= 0.6 is 47.1 Å². The molecule has 0 radical (unpaired) electrons. The molecule has 0 aliphatic carbocycles. The average molecular weight is 686 g/mol. The molecule has 5 heterocycles. The number of aliphatic hydroxyl groups excluding tert-OH is 1. The Morgan fingerprint density at radius 3 is 2.09 bits per heavy atom. The molecule has 7 rings (SSSR count). The van der Waals surface area contributed by atoms with Gasteiger partial charge in [-0.25, -0.2) is 9.97 Å². The lowest BCUT2D eigenvalue weighted by Crippen LogP contribution is -2.37. The number of benzene rings is 2. The van der Waals surface area contributed by atoms with E-state index in [9.17, 15) is 9.59 Å². The van der Waals surface area contributed by atoms with Gasteiger partial charge in [0.1, 0.15) is 22.2 Å². The summed E-state index contributed by atoms with van der Waals surface area (Å²) >= 11 is 8.46. The molecule has 0 bridgehead atoms. The maximum Gasteiger partial charge on any atom is 0.243 e. The molecule has 0 saturated carbocycles. The van der Waals surface area contributed by atoms with Gasteiger partial charge in [0.2, 0.25) is 11.8 Å². The normalized spacial score (nSPS) is 16.8. The SMILES string of the molecule is CO.N#Cc1nc2ccc3c(c2s1)CCCN3.NC(=O)[C@H](N)CS.NC(=O)[C@H]1CSC(c2nc3ccc4c(c3s2)CCCN4)=N1. The zero-order valence-electron chi connectivity index (χ0n) is 24.6. The van der Waals surface area contributed by atoms with Crippen LogP contribution in [0.2, 0.25) is 0 Å². The fraction of sp³-hybridized carbons (Fsp3) is 0.379. The van der Waals surface area contributed by atoms with Gasteiger partial charge in [-0.05, 0) is 61.1 Å². The van der Waals surface area contributed by atoms with E-state index in [1.54, 1.807) is 23.1 Å². The van der Waals surface area contributed by atoms with E-state index in [-0.39, 0.29) is 5.91 Å². The Bertz CT molecular complexity index is 1750. The third-order valence-corrected chi connectivity index (χ3v) is 10.7. The molecular formula is C29H35N9O3S4. The molecule has 0 saturated heterocycles. The number of aliphatic imine (C=N–C) groups is 1. The van der Waals surface area contributed by atoms with Gasteiger partial charge in [-0.2, -0.15) is 17.9 Å². The minimum absolute atomic E-state index is 0.315. The molecule has 4 aromatic rings. The van der Waals surface area contributed by atoms with Gasteiger partial charge in [0.25, 0.3) is 0 Å². The number of carbonyl (C=O) groups excluding carboxylic acids is 2. The van der Waals surface area contributed by atoms with Crippen LogP contribution in [0.5, 0.6) is 0 Å². The monoisotopic (exact) mass is 685 g/mol. The van der Waals surface area contributed by atoms with Crippen LogP contribution in [0, 0.1) is 11.3 Å². The highest BCUT2D eigenvalue weighted by molar-refractivity contribution is 8.15. The number of hydrogen-bond acceptors (Lipinski definition) is 14. The van der Waals surface area contributed by atoms with Crippen molar-refractivity contribution in [3.63, 3.8) is 0 Å². The fourth-order valence-electron chi connectivity index (χ4n) is 4.76. The van der Waals surface area contributed by atoms with Crippen molar-refractivity contribution in [3.8, 4) is 6.07 Å². The fourth-order valence-corrected chi connectivity index (χ4v) is 8.14. The lowest BCUT2D eigenvalue weighted by atomic mass is 10.0. The number of nitriles is 1. The quantitative estimate of drug-likeness (QED) is 0.156. The summed E-state index contributed by atoms with van der Waals surface area (Å²) in [4.78, 5) is 34.6.